The molecule has 1 saturated heterocycles. The Labute approximate surface area is 147 Å². The first kappa shape index (κ1) is 17.7. The van der Waals surface area contributed by atoms with Crippen LogP contribution in [0.4, 0.5) is 14.9 Å². The van der Waals surface area contributed by atoms with Crippen LogP contribution < -0.4 is 4.90 Å². The molecule has 1 amide bonds. The van der Waals surface area contributed by atoms with Crippen LogP contribution in [0, 0.1) is 5.82 Å². The highest BCUT2D eigenvalue weighted by atomic mass is 19.1. The van der Waals surface area contributed by atoms with Gasteiger partial charge in [0.1, 0.15) is 11.4 Å². The molecule has 1 aromatic carbocycles. The molecule has 0 unspecified atom stereocenters. The van der Waals surface area contributed by atoms with Crippen LogP contribution in [0.5, 0.6) is 0 Å². The Morgan fingerprint density at radius 1 is 1.32 bits per heavy atom. The van der Waals surface area contributed by atoms with Crippen LogP contribution >= 0.6 is 0 Å². The van der Waals surface area contributed by atoms with Gasteiger partial charge in [0.25, 0.3) is 0 Å². The van der Waals surface area contributed by atoms with E-state index in [0.717, 1.165) is 31.3 Å². The average molecular weight is 347 g/mol. The summed E-state index contributed by atoms with van der Waals surface area (Å²) in [5.41, 5.74) is 0.641. The number of anilines is 1. The Morgan fingerprint density at radius 2 is 2.00 bits per heavy atom. The van der Waals surface area contributed by atoms with Crippen molar-refractivity contribution < 1.29 is 13.9 Å². The molecule has 3 rings (SSSR count). The van der Waals surface area contributed by atoms with E-state index in [1.807, 2.05) is 26.8 Å². The number of aromatic nitrogens is 1. The van der Waals surface area contributed by atoms with Crippen molar-refractivity contribution in [2.24, 2.45) is 0 Å². The minimum absolute atomic E-state index is 0.00838. The number of likely N-dealkylation sites (tertiary alicyclic amines) is 1. The number of hydrogen-bond acceptors (Lipinski definition) is 3. The fraction of sp³-hybridized carbons (Fsp3) is 0.526. The van der Waals surface area contributed by atoms with Gasteiger partial charge in [0.2, 0.25) is 0 Å². The number of amides is 1. The number of ether oxygens (including phenoxy) is 1. The number of halogens is 1. The lowest BCUT2D eigenvalue weighted by Gasteiger charge is -2.38. The van der Waals surface area contributed by atoms with Crippen molar-refractivity contribution in [1.29, 1.82) is 0 Å². The van der Waals surface area contributed by atoms with Crippen LogP contribution in [0.25, 0.3) is 10.9 Å². The zero-order chi connectivity index (χ0) is 18.2. The standard InChI is InChI=1S/C19H26FN3O2/c1-19(2,3)25-18(24)23(14-6-9-22(4)10-7-14)17-12-13(20)11-16-15(17)5-8-21-16/h5,8,11-12,14,21H,6-7,9-10H2,1-4H3. The molecule has 0 atom stereocenters. The third-order valence-electron chi connectivity index (χ3n) is 4.51. The lowest BCUT2D eigenvalue weighted by molar-refractivity contribution is 0.0552. The van der Waals surface area contributed by atoms with Crippen molar-refractivity contribution in [1.82, 2.24) is 9.88 Å². The lowest BCUT2D eigenvalue weighted by atomic mass is 10.0. The van der Waals surface area contributed by atoms with Gasteiger partial charge in [-0.1, -0.05) is 0 Å². The van der Waals surface area contributed by atoms with Crippen molar-refractivity contribution in [2.75, 3.05) is 25.0 Å². The number of nitrogens with one attached hydrogen (secondary N) is 1. The van der Waals surface area contributed by atoms with E-state index in [1.165, 1.54) is 12.1 Å². The number of benzene rings is 1. The molecule has 1 aliphatic rings. The van der Waals surface area contributed by atoms with Crippen LogP contribution in [0.15, 0.2) is 24.4 Å². The summed E-state index contributed by atoms with van der Waals surface area (Å²) in [5.74, 6) is -0.369. The van der Waals surface area contributed by atoms with Gasteiger partial charge in [0.15, 0.2) is 0 Å². The van der Waals surface area contributed by atoms with Gasteiger partial charge in [-0.3, -0.25) is 4.90 Å². The van der Waals surface area contributed by atoms with Crippen molar-refractivity contribution in [2.45, 2.75) is 45.3 Å². The molecule has 1 aliphatic heterocycles. The highest BCUT2D eigenvalue weighted by Gasteiger charge is 2.33. The zero-order valence-corrected chi connectivity index (χ0v) is 15.3. The maximum absolute atomic E-state index is 14.2. The second kappa shape index (κ2) is 6.67. The van der Waals surface area contributed by atoms with Crippen LogP contribution in [0.3, 0.4) is 0 Å². The highest BCUT2D eigenvalue weighted by Crippen LogP contribution is 2.33. The molecule has 25 heavy (non-hydrogen) atoms. The third-order valence-corrected chi connectivity index (χ3v) is 4.51. The Bertz CT molecular complexity index is 758. The lowest BCUT2D eigenvalue weighted by Crippen LogP contribution is -2.48. The van der Waals surface area contributed by atoms with E-state index in [9.17, 15) is 9.18 Å². The van der Waals surface area contributed by atoms with Gasteiger partial charge in [-0.15, -0.1) is 0 Å². The first-order valence-corrected chi connectivity index (χ1v) is 8.72. The number of fused-ring (bicyclic) bond motifs is 1. The molecule has 6 heteroatoms. The van der Waals surface area contributed by atoms with Gasteiger partial charge in [0.05, 0.1) is 11.2 Å². The number of piperidine rings is 1. The number of nitrogens with zero attached hydrogens (tertiary/aromatic N) is 2. The van der Waals surface area contributed by atoms with E-state index in [4.69, 9.17) is 4.74 Å². The van der Waals surface area contributed by atoms with Gasteiger partial charge in [-0.05, 0) is 71.9 Å². The molecule has 1 aromatic heterocycles. The molecule has 2 aromatic rings. The van der Waals surface area contributed by atoms with Crippen molar-refractivity contribution in [3.8, 4) is 0 Å². The number of aromatic amines is 1. The molecule has 0 bridgehead atoms. The highest BCUT2D eigenvalue weighted by molar-refractivity contribution is 6.01. The number of hydrogen-bond donors (Lipinski definition) is 1. The van der Waals surface area contributed by atoms with Crippen LogP contribution in [-0.4, -0.2) is 47.8 Å². The normalized spacial score (nSPS) is 17.0. The van der Waals surface area contributed by atoms with E-state index < -0.39 is 11.7 Å². The molecule has 0 radical (unpaired) electrons. The fourth-order valence-electron chi connectivity index (χ4n) is 3.32. The van der Waals surface area contributed by atoms with E-state index in [1.54, 1.807) is 11.1 Å². The van der Waals surface area contributed by atoms with Crippen molar-refractivity contribution >= 4 is 22.7 Å². The van der Waals surface area contributed by atoms with Crippen molar-refractivity contribution in [3.05, 3.63) is 30.2 Å². The minimum atomic E-state index is -0.606. The number of carbonyl (C=O) groups excluding carboxylic acids is 1. The van der Waals surface area contributed by atoms with Crippen LogP contribution in [-0.2, 0) is 4.74 Å². The van der Waals surface area contributed by atoms with Crippen LogP contribution in [0.2, 0.25) is 0 Å². The number of rotatable bonds is 2. The summed E-state index contributed by atoms with van der Waals surface area (Å²) in [6, 6.07) is 4.74. The first-order valence-electron chi connectivity index (χ1n) is 8.72. The van der Waals surface area contributed by atoms with Gasteiger partial charge >= 0.3 is 6.09 Å². The van der Waals surface area contributed by atoms with Crippen molar-refractivity contribution in [3.63, 3.8) is 0 Å². The fourth-order valence-corrected chi connectivity index (χ4v) is 3.32. The summed E-state index contributed by atoms with van der Waals surface area (Å²) in [5, 5.41) is 0.825. The Kier molecular flexibility index (Phi) is 4.73. The largest absolute Gasteiger partial charge is 0.443 e. The predicted octanol–water partition coefficient (Wildman–Crippen LogP) is 4.14. The summed E-state index contributed by atoms with van der Waals surface area (Å²) in [4.78, 5) is 19.9. The Balaban J connectivity index is 2.03. The van der Waals surface area contributed by atoms with Gasteiger partial charge in [0, 0.05) is 17.6 Å². The van der Waals surface area contributed by atoms with Gasteiger partial charge < -0.3 is 14.6 Å². The monoisotopic (exact) mass is 347 g/mol. The second-order valence-corrected chi connectivity index (χ2v) is 7.75. The van der Waals surface area contributed by atoms with Gasteiger partial charge in [-0.25, -0.2) is 9.18 Å². The Hall–Kier alpha value is -2.08. The summed E-state index contributed by atoms with van der Waals surface area (Å²) < 4.78 is 19.8. The van der Waals surface area contributed by atoms with E-state index >= 15 is 0 Å². The Morgan fingerprint density at radius 3 is 2.64 bits per heavy atom. The maximum atomic E-state index is 14.2. The second-order valence-electron chi connectivity index (χ2n) is 7.75. The molecule has 1 N–H and O–H groups in total. The van der Waals surface area contributed by atoms with Gasteiger partial charge in [-0.2, -0.15) is 0 Å². The summed E-state index contributed by atoms with van der Waals surface area (Å²) in [6.45, 7) is 7.32. The summed E-state index contributed by atoms with van der Waals surface area (Å²) in [6.07, 6.45) is 3.00. The smallest absolute Gasteiger partial charge is 0.415 e. The molecule has 0 aliphatic carbocycles. The van der Waals surface area contributed by atoms with Crippen LogP contribution in [0.1, 0.15) is 33.6 Å². The molecular formula is C19H26FN3O2. The average Bonchev–Trinajstić information content (AvgIpc) is 2.95. The number of carbonyl (C=O) groups is 1. The molecule has 0 spiro atoms. The predicted molar refractivity (Wildman–Crippen MR) is 97.5 cm³/mol. The molecule has 1 fully saturated rings. The third kappa shape index (κ3) is 3.95. The molecule has 136 valence electrons. The topological polar surface area (TPSA) is 48.6 Å². The SMILES string of the molecule is CN1CCC(N(C(=O)OC(C)(C)C)c2cc(F)cc3[nH]ccc23)CC1. The first-order chi connectivity index (χ1) is 11.7. The molecule has 2 heterocycles. The van der Waals surface area contributed by atoms with E-state index in [0.29, 0.717) is 11.2 Å². The van der Waals surface area contributed by atoms with E-state index in [-0.39, 0.29) is 11.9 Å². The summed E-state index contributed by atoms with van der Waals surface area (Å²) in [7, 11) is 2.07. The van der Waals surface area contributed by atoms with E-state index in [2.05, 4.69) is 16.9 Å². The number of H-pyrrole nitrogens is 1. The summed E-state index contributed by atoms with van der Waals surface area (Å²) >= 11 is 0. The quantitative estimate of drug-likeness (QED) is 0.888. The zero-order valence-electron chi connectivity index (χ0n) is 15.3. The maximum Gasteiger partial charge on any atom is 0.415 e. The molecule has 0 saturated carbocycles. The molecular weight excluding hydrogens is 321 g/mol. The molecule has 5 nitrogen and oxygen atoms in total. The minimum Gasteiger partial charge on any atom is -0.443 e.